The number of imidazole rings is 1. The van der Waals surface area contributed by atoms with Gasteiger partial charge in [-0.25, -0.2) is 4.98 Å². The molecule has 0 unspecified atom stereocenters. The van der Waals surface area contributed by atoms with Gasteiger partial charge in [-0.05, 0) is 48.5 Å². The summed E-state index contributed by atoms with van der Waals surface area (Å²) in [5.74, 6) is 0.840. The lowest BCUT2D eigenvalue weighted by molar-refractivity contribution is -0.122. The Hall–Kier alpha value is -3.84. The van der Waals surface area contributed by atoms with Crippen LogP contribution in [0, 0.1) is 0 Å². The summed E-state index contributed by atoms with van der Waals surface area (Å²) in [5.41, 5.74) is 2.90. The number of rotatable bonds is 5. The Morgan fingerprint density at radius 2 is 1.78 bits per heavy atom. The molecule has 3 aromatic carbocycles. The van der Waals surface area contributed by atoms with Crippen LogP contribution in [0.5, 0.6) is 5.75 Å². The van der Waals surface area contributed by atoms with Crippen molar-refractivity contribution in [2.75, 3.05) is 16.8 Å². The molecule has 32 heavy (non-hydrogen) atoms. The van der Waals surface area contributed by atoms with Crippen molar-refractivity contribution in [1.82, 2.24) is 9.55 Å². The molecule has 0 saturated carbocycles. The molecule has 1 aliphatic rings. The van der Waals surface area contributed by atoms with Gasteiger partial charge in [0.2, 0.25) is 11.8 Å². The van der Waals surface area contributed by atoms with E-state index in [0.29, 0.717) is 28.0 Å². The predicted molar refractivity (Wildman–Crippen MR) is 123 cm³/mol. The molecule has 160 valence electrons. The monoisotopic (exact) mass is 446 g/mol. The molecule has 4 aromatic rings. The van der Waals surface area contributed by atoms with E-state index in [4.69, 9.17) is 16.3 Å². The molecule has 5 rings (SSSR count). The third-order valence-electron chi connectivity index (χ3n) is 5.28. The van der Waals surface area contributed by atoms with Crippen LogP contribution in [0.4, 0.5) is 11.4 Å². The van der Waals surface area contributed by atoms with Gasteiger partial charge in [0.25, 0.3) is 0 Å². The van der Waals surface area contributed by atoms with Gasteiger partial charge >= 0.3 is 0 Å². The van der Waals surface area contributed by atoms with E-state index >= 15 is 0 Å². The van der Waals surface area contributed by atoms with Crippen LogP contribution in [0.25, 0.3) is 11.0 Å². The molecular weight excluding hydrogens is 428 g/mol. The Labute approximate surface area is 189 Å². The molecule has 7 nitrogen and oxygen atoms in total. The lowest BCUT2D eigenvalue weighted by Crippen LogP contribution is -2.43. The fourth-order valence-corrected chi connectivity index (χ4v) is 3.89. The number of hydrogen-bond acceptors (Lipinski definition) is 4. The molecule has 2 amide bonds. The van der Waals surface area contributed by atoms with Crippen LogP contribution in [0.15, 0.2) is 72.8 Å². The maximum Gasteiger partial charge on any atom is 0.247 e. The van der Waals surface area contributed by atoms with E-state index in [1.54, 1.807) is 30.3 Å². The molecule has 0 spiro atoms. The highest BCUT2D eigenvalue weighted by molar-refractivity contribution is 6.30. The van der Waals surface area contributed by atoms with Gasteiger partial charge in [-0.2, -0.15) is 0 Å². The second-order valence-electron chi connectivity index (χ2n) is 7.39. The van der Waals surface area contributed by atoms with E-state index in [1.807, 2.05) is 47.0 Å². The molecule has 0 radical (unpaired) electrons. The molecule has 1 N–H and O–H groups in total. The highest BCUT2D eigenvalue weighted by atomic mass is 35.5. The fraction of sp³-hybridized carbons (Fsp3) is 0.125. The molecule has 0 atom stereocenters. The van der Waals surface area contributed by atoms with Crippen LogP contribution < -0.4 is 15.0 Å². The van der Waals surface area contributed by atoms with E-state index in [2.05, 4.69) is 10.3 Å². The number of amides is 2. The summed E-state index contributed by atoms with van der Waals surface area (Å²) in [6.45, 7) is 0.182. The average molecular weight is 447 g/mol. The summed E-state index contributed by atoms with van der Waals surface area (Å²) in [6, 6.07) is 21.9. The highest BCUT2D eigenvalue weighted by Gasteiger charge is 2.27. The number of nitrogens with zero attached hydrogens (tertiary/aromatic N) is 3. The first kappa shape index (κ1) is 20.1. The van der Waals surface area contributed by atoms with E-state index in [-0.39, 0.29) is 31.5 Å². The minimum absolute atomic E-state index is 0.0287. The molecule has 8 heteroatoms. The van der Waals surface area contributed by atoms with Gasteiger partial charge in [0.15, 0.2) is 0 Å². The van der Waals surface area contributed by atoms with Crippen LogP contribution in [0.3, 0.4) is 0 Å². The zero-order valence-electron chi connectivity index (χ0n) is 17.0. The zero-order valence-corrected chi connectivity index (χ0v) is 17.7. The molecule has 0 saturated heterocycles. The normalized spacial score (nSPS) is 13.0. The minimum Gasteiger partial charge on any atom is -0.486 e. The van der Waals surface area contributed by atoms with Gasteiger partial charge in [0.05, 0.1) is 22.4 Å². The van der Waals surface area contributed by atoms with Crippen molar-refractivity contribution < 1.29 is 14.3 Å². The number of halogens is 1. The zero-order chi connectivity index (χ0) is 22.1. The van der Waals surface area contributed by atoms with Gasteiger partial charge in [-0.1, -0.05) is 35.9 Å². The van der Waals surface area contributed by atoms with Gasteiger partial charge in [0.1, 0.15) is 31.3 Å². The second kappa shape index (κ2) is 8.36. The Kier molecular flexibility index (Phi) is 5.25. The van der Waals surface area contributed by atoms with E-state index in [1.165, 1.54) is 4.90 Å². The van der Waals surface area contributed by atoms with Crippen molar-refractivity contribution >= 4 is 45.8 Å². The third-order valence-corrected chi connectivity index (χ3v) is 5.53. The van der Waals surface area contributed by atoms with Crippen molar-refractivity contribution in [2.24, 2.45) is 0 Å². The van der Waals surface area contributed by atoms with Crippen molar-refractivity contribution in [3.63, 3.8) is 0 Å². The second-order valence-corrected chi connectivity index (χ2v) is 7.83. The summed E-state index contributed by atoms with van der Waals surface area (Å²) >= 11 is 5.94. The summed E-state index contributed by atoms with van der Waals surface area (Å²) in [7, 11) is 0. The molecular formula is C24H19ClN4O3. The number of aromatic nitrogens is 2. The first-order valence-electron chi connectivity index (χ1n) is 10.1. The lowest BCUT2D eigenvalue weighted by Gasteiger charge is -2.29. The number of para-hydroxylation sites is 4. The predicted octanol–water partition coefficient (Wildman–Crippen LogP) is 4.25. The van der Waals surface area contributed by atoms with Gasteiger partial charge in [0, 0.05) is 5.02 Å². The number of benzene rings is 3. The standard InChI is InChI=1S/C24H19ClN4O3/c25-16-9-11-17(12-10-16)32-15-22-26-18-5-1-3-7-20(18)28(22)14-24(31)29-13-23(30)27-19-6-2-4-8-21(19)29/h1-12H,13-15H2,(H,27,30). The highest BCUT2D eigenvalue weighted by Crippen LogP contribution is 2.29. The number of carbonyl (C=O) groups is 2. The lowest BCUT2D eigenvalue weighted by atomic mass is 10.2. The topological polar surface area (TPSA) is 76.5 Å². The van der Waals surface area contributed by atoms with Crippen LogP contribution in [0.2, 0.25) is 5.02 Å². The maximum atomic E-state index is 13.3. The largest absolute Gasteiger partial charge is 0.486 e. The summed E-state index contributed by atoms with van der Waals surface area (Å²) < 4.78 is 7.72. The van der Waals surface area contributed by atoms with Crippen molar-refractivity contribution in [3.8, 4) is 5.75 Å². The fourth-order valence-electron chi connectivity index (χ4n) is 3.77. The molecule has 1 aromatic heterocycles. The Morgan fingerprint density at radius 1 is 1.03 bits per heavy atom. The summed E-state index contributed by atoms with van der Waals surface area (Å²) in [5, 5.41) is 3.43. The SMILES string of the molecule is O=C1CN(C(=O)Cn2c(COc3ccc(Cl)cc3)nc3ccccc32)c2ccccc2N1. The van der Waals surface area contributed by atoms with Crippen LogP contribution in [-0.2, 0) is 22.7 Å². The summed E-state index contributed by atoms with van der Waals surface area (Å²) in [4.78, 5) is 31.6. The number of carbonyl (C=O) groups excluding carboxylic acids is 2. The van der Waals surface area contributed by atoms with Crippen molar-refractivity contribution in [2.45, 2.75) is 13.2 Å². The minimum atomic E-state index is -0.223. The first-order chi connectivity index (χ1) is 15.6. The quantitative estimate of drug-likeness (QED) is 0.497. The van der Waals surface area contributed by atoms with Crippen LogP contribution >= 0.6 is 11.6 Å². The molecule has 0 bridgehead atoms. The Morgan fingerprint density at radius 3 is 2.62 bits per heavy atom. The van der Waals surface area contributed by atoms with Crippen molar-refractivity contribution in [1.29, 1.82) is 0 Å². The van der Waals surface area contributed by atoms with E-state index in [0.717, 1.165) is 11.0 Å². The third kappa shape index (κ3) is 3.90. The smallest absolute Gasteiger partial charge is 0.247 e. The molecule has 1 aliphatic heterocycles. The van der Waals surface area contributed by atoms with Crippen LogP contribution in [0.1, 0.15) is 5.82 Å². The number of ether oxygens (including phenoxy) is 1. The number of anilines is 2. The number of nitrogens with one attached hydrogen (secondary N) is 1. The van der Waals surface area contributed by atoms with Gasteiger partial charge < -0.3 is 14.6 Å². The Balaban J connectivity index is 1.44. The van der Waals surface area contributed by atoms with Crippen molar-refractivity contribution in [3.05, 3.63) is 83.6 Å². The Bertz CT molecular complexity index is 1320. The molecule has 0 aliphatic carbocycles. The first-order valence-corrected chi connectivity index (χ1v) is 10.5. The van der Waals surface area contributed by atoms with Crippen LogP contribution in [-0.4, -0.2) is 27.9 Å². The number of fused-ring (bicyclic) bond motifs is 2. The summed E-state index contributed by atoms with van der Waals surface area (Å²) in [6.07, 6.45) is 0. The van der Waals surface area contributed by atoms with E-state index in [9.17, 15) is 9.59 Å². The molecule has 2 heterocycles. The van der Waals surface area contributed by atoms with E-state index < -0.39 is 0 Å². The molecule has 0 fully saturated rings. The average Bonchev–Trinajstić information content (AvgIpc) is 3.15. The number of hydrogen-bond donors (Lipinski definition) is 1. The maximum absolute atomic E-state index is 13.3. The van der Waals surface area contributed by atoms with Gasteiger partial charge in [-0.15, -0.1) is 0 Å². The van der Waals surface area contributed by atoms with Gasteiger partial charge in [-0.3, -0.25) is 14.5 Å².